The molecule has 0 aromatic heterocycles. The lowest BCUT2D eigenvalue weighted by Gasteiger charge is -2.32. The second-order valence-corrected chi connectivity index (χ2v) is 6.83. The molecule has 0 saturated carbocycles. The lowest BCUT2D eigenvalue weighted by atomic mass is 10.1. The third-order valence-corrected chi connectivity index (χ3v) is 5.02. The molecule has 1 aliphatic rings. The van der Waals surface area contributed by atoms with E-state index >= 15 is 0 Å². The number of amides is 1. The molecule has 0 radical (unpaired) electrons. The summed E-state index contributed by atoms with van der Waals surface area (Å²) in [5.74, 6) is -0.575. The Bertz CT molecular complexity index is 618. The molecule has 1 aromatic rings. The molecule has 0 spiro atoms. The summed E-state index contributed by atoms with van der Waals surface area (Å²) in [5, 5.41) is 0. The fourth-order valence-electron chi connectivity index (χ4n) is 2.45. The van der Waals surface area contributed by atoms with Crippen LogP contribution in [-0.2, 0) is 14.8 Å². The van der Waals surface area contributed by atoms with Crippen molar-refractivity contribution in [2.45, 2.75) is 37.1 Å². The van der Waals surface area contributed by atoms with Crippen LogP contribution >= 0.6 is 0 Å². The molecule has 1 atom stereocenters. The van der Waals surface area contributed by atoms with E-state index < -0.39 is 15.8 Å². The Labute approximate surface area is 124 Å². The second-order valence-electron chi connectivity index (χ2n) is 5.11. The average Bonchev–Trinajstić information content (AvgIpc) is 2.46. The van der Waals surface area contributed by atoms with E-state index in [1.165, 1.54) is 18.2 Å². The van der Waals surface area contributed by atoms with Gasteiger partial charge in [0.2, 0.25) is 15.9 Å². The molecule has 1 saturated heterocycles. The first kappa shape index (κ1) is 15.9. The SMILES string of the molecule is CCC(=O)N1CCC[C@H](NS(=O)(=O)c2cccc(F)c2)C1. The third kappa shape index (κ3) is 4.01. The first-order chi connectivity index (χ1) is 9.92. The predicted molar refractivity (Wildman–Crippen MR) is 76.6 cm³/mol. The van der Waals surface area contributed by atoms with Gasteiger partial charge in [0.1, 0.15) is 5.82 Å². The van der Waals surface area contributed by atoms with Crippen LogP contribution < -0.4 is 4.72 Å². The number of halogens is 1. The highest BCUT2D eigenvalue weighted by Crippen LogP contribution is 2.16. The van der Waals surface area contributed by atoms with Gasteiger partial charge in [-0.25, -0.2) is 17.5 Å². The monoisotopic (exact) mass is 314 g/mol. The van der Waals surface area contributed by atoms with Gasteiger partial charge in [-0.2, -0.15) is 0 Å². The van der Waals surface area contributed by atoms with Crippen molar-refractivity contribution in [2.24, 2.45) is 0 Å². The van der Waals surface area contributed by atoms with E-state index in [4.69, 9.17) is 0 Å². The summed E-state index contributed by atoms with van der Waals surface area (Å²) < 4.78 is 40.1. The van der Waals surface area contributed by atoms with Crippen LogP contribution in [0.2, 0.25) is 0 Å². The van der Waals surface area contributed by atoms with Gasteiger partial charge in [-0.15, -0.1) is 0 Å². The number of benzene rings is 1. The Hall–Kier alpha value is -1.47. The van der Waals surface area contributed by atoms with Crippen molar-refractivity contribution in [3.05, 3.63) is 30.1 Å². The van der Waals surface area contributed by atoms with Gasteiger partial charge in [0.05, 0.1) is 4.90 Å². The second kappa shape index (κ2) is 6.53. The van der Waals surface area contributed by atoms with Crippen LogP contribution in [0.1, 0.15) is 26.2 Å². The minimum atomic E-state index is -3.77. The first-order valence-electron chi connectivity index (χ1n) is 6.98. The first-order valence-corrected chi connectivity index (χ1v) is 8.46. The molecule has 1 aromatic carbocycles. The fourth-order valence-corrected chi connectivity index (χ4v) is 3.74. The van der Waals surface area contributed by atoms with Crippen molar-refractivity contribution < 1.29 is 17.6 Å². The highest BCUT2D eigenvalue weighted by molar-refractivity contribution is 7.89. The molecule has 2 rings (SSSR count). The maximum atomic E-state index is 13.1. The normalized spacial score (nSPS) is 19.5. The Kier molecular flexibility index (Phi) is 4.95. The highest BCUT2D eigenvalue weighted by atomic mass is 32.2. The van der Waals surface area contributed by atoms with Crippen molar-refractivity contribution >= 4 is 15.9 Å². The standard InChI is InChI=1S/C14H19FN2O3S/c1-2-14(18)17-8-4-6-12(10-17)16-21(19,20)13-7-3-5-11(15)9-13/h3,5,7,9,12,16H,2,4,6,8,10H2,1H3/t12-/m0/s1. The summed E-state index contributed by atoms with van der Waals surface area (Å²) in [5.41, 5.74) is 0. The summed E-state index contributed by atoms with van der Waals surface area (Å²) in [4.78, 5) is 13.3. The van der Waals surface area contributed by atoms with Crippen molar-refractivity contribution in [1.82, 2.24) is 9.62 Å². The fraction of sp³-hybridized carbons (Fsp3) is 0.500. The molecule has 1 fully saturated rings. The third-order valence-electron chi connectivity index (χ3n) is 3.50. The Morgan fingerprint density at radius 2 is 2.24 bits per heavy atom. The highest BCUT2D eigenvalue weighted by Gasteiger charge is 2.27. The molecule has 1 amide bonds. The summed E-state index contributed by atoms with van der Waals surface area (Å²) in [6, 6.07) is 4.56. The summed E-state index contributed by atoms with van der Waals surface area (Å²) in [7, 11) is -3.77. The zero-order chi connectivity index (χ0) is 15.5. The number of nitrogens with zero attached hydrogens (tertiary/aromatic N) is 1. The van der Waals surface area contributed by atoms with Crippen LogP contribution in [0.3, 0.4) is 0 Å². The predicted octanol–water partition coefficient (Wildman–Crippen LogP) is 1.50. The molecular weight excluding hydrogens is 295 g/mol. The van der Waals surface area contributed by atoms with E-state index in [0.29, 0.717) is 25.9 Å². The number of sulfonamides is 1. The summed E-state index contributed by atoms with van der Waals surface area (Å²) >= 11 is 0. The molecule has 21 heavy (non-hydrogen) atoms. The number of nitrogens with one attached hydrogen (secondary N) is 1. The molecule has 1 aliphatic heterocycles. The zero-order valence-electron chi connectivity index (χ0n) is 11.9. The van der Waals surface area contributed by atoms with E-state index in [9.17, 15) is 17.6 Å². The van der Waals surface area contributed by atoms with Crippen LogP contribution in [0, 0.1) is 5.82 Å². The lowest BCUT2D eigenvalue weighted by molar-refractivity contribution is -0.132. The average molecular weight is 314 g/mol. The van der Waals surface area contributed by atoms with Crippen molar-refractivity contribution in [1.29, 1.82) is 0 Å². The zero-order valence-corrected chi connectivity index (χ0v) is 12.7. The van der Waals surface area contributed by atoms with E-state index in [0.717, 1.165) is 12.5 Å². The number of likely N-dealkylation sites (tertiary alicyclic amines) is 1. The minimum Gasteiger partial charge on any atom is -0.341 e. The van der Waals surface area contributed by atoms with E-state index in [2.05, 4.69) is 4.72 Å². The van der Waals surface area contributed by atoms with Crippen molar-refractivity contribution in [3.8, 4) is 0 Å². The lowest BCUT2D eigenvalue weighted by Crippen LogP contribution is -2.49. The molecule has 0 bridgehead atoms. The van der Waals surface area contributed by atoms with Crippen LogP contribution in [0.5, 0.6) is 0 Å². The Morgan fingerprint density at radius 3 is 2.90 bits per heavy atom. The number of carbonyl (C=O) groups excluding carboxylic acids is 1. The molecule has 7 heteroatoms. The van der Waals surface area contributed by atoms with Crippen molar-refractivity contribution in [3.63, 3.8) is 0 Å². The van der Waals surface area contributed by atoms with Gasteiger partial charge in [-0.05, 0) is 31.0 Å². The minimum absolute atomic E-state index is 0.0182. The molecule has 1 heterocycles. The maximum Gasteiger partial charge on any atom is 0.240 e. The van der Waals surface area contributed by atoms with E-state index in [1.54, 1.807) is 11.8 Å². The number of piperidine rings is 1. The van der Waals surface area contributed by atoms with Crippen LogP contribution in [0.25, 0.3) is 0 Å². The van der Waals surface area contributed by atoms with E-state index in [1.807, 2.05) is 0 Å². The van der Waals surface area contributed by atoms with Gasteiger partial charge >= 0.3 is 0 Å². The molecule has 5 nitrogen and oxygen atoms in total. The number of hydrogen-bond acceptors (Lipinski definition) is 3. The molecule has 0 unspecified atom stereocenters. The smallest absolute Gasteiger partial charge is 0.240 e. The molecular formula is C14H19FN2O3S. The number of rotatable bonds is 4. The maximum absolute atomic E-state index is 13.1. The van der Waals surface area contributed by atoms with Gasteiger partial charge in [0.25, 0.3) is 0 Å². The molecule has 0 aliphatic carbocycles. The quantitative estimate of drug-likeness (QED) is 0.916. The topological polar surface area (TPSA) is 66.5 Å². The van der Waals surface area contributed by atoms with Gasteiger partial charge in [-0.1, -0.05) is 13.0 Å². The Morgan fingerprint density at radius 1 is 1.48 bits per heavy atom. The number of carbonyl (C=O) groups is 1. The van der Waals surface area contributed by atoms with Crippen LogP contribution in [0.15, 0.2) is 29.2 Å². The van der Waals surface area contributed by atoms with Crippen LogP contribution in [0.4, 0.5) is 4.39 Å². The summed E-state index contributed by atoms with van der Waals surface area (Å²) in [6.45, 7) is 2.80. The summed E-state index contributed by atoms with van der Waals surface area (Å²) in [6.07, 6.45) is 1.83. The van der Waals surface area contributed by atoms with Gasteiger partial charge in [-0.3, -0.25) is 4.79 Å². The molecule has 116 valence electrons. The number of hydrogen-bond donors (Lipinski definition) is 1. The Balaban J connectivity index is 2.08. The van der Waals surface area contributed by atoms with Crippen molar-refractivity contribution in [2.75, 3.05) is 13.1 Å². The molecule has 1 N–H and O–H groups in total. The van der Waals surface area contributed by atoms with Gasteiger partial charge < -0.3 is 4.90 Å². The van der Waals surface area contributed by atoms with Gasteiger partial charge in [0.15, 0.2) is 0 Å². The van der Waals surface area contributed by atoms with Gasteiger partial charge in [0, 0.05) is 25.6 Å². The van der Waals surface area contributed by atoms with E-state index in [-0.39, 0.29) is 16.8 Å². The van der Waals surface area contributed by atoms with Crippen LogP contribution in [-0.4, -0.2) is 38.4 Å². The largest absolute Gasteiger partial charge is 0.341 e.